The molecule has 8 heteroatoms. The Labute approximate surface area is 166 Å². The number of thioether (sulfide) groups is 1. The molecule has 0 radical (unpaired) electrons. The van der Waals surface area contributed by atoms with Crippen LogP contribution in [0.15, 0.2) is 53.7 Å². The molecule has 1 N–H and O–H groups in total. The Balaban J connectivity index is 1.50. The van der Waals surface area contributed by atoms with Crippen LogP contribution in [-0.4, -0.2) is 33.0 Å². The van der Waals surface area contributed by atoms with Crippen molar-refractivity contribution in [3.05, 3.63) is 64.9 Å². The second-order valence-electron chi connectivity index (χ2n) is 5.86. The van der Waals surface area contributed by atoms with Crippen molar-refractivity contribution in [1.29, 1.82) is 0 Å². The fourth-order valence-electron chi connectivity index (χ4n) is 2.50. The van der Waals surface area contributed by atoms with E-state index in [0.29, 0.717) is 29.0 Å². The van der Waals surface area contributed by atoms with Gasteiger partial charge in [0, 0.05) is 19.2 Å². The fourth-order valence-corrected chi connectivity index (χ4v) is 3.46. The molecular weight excluding hydrogens is 387 g/mol. The van der Waals surface area contributed by atoms with E-state index in [4.69, 9.17) is 11.6 Å². The zero-order valence-electron chi connectivity index (χ0n) is 14.7. The molecule has 1 amide bonds. The zero-order valence-corrected chi connectivity index (χ0v) is 16.2. The second-order valence-corrected chi connectivity index (χ2v) is 7.21. The Morgan fingerprint density at radius 1 is 1.19 bits per heavy atom. The Bertz CT molecular complexity index is 930. The third kappa shape index (κ3) is 5.08. The van der Waals surface area contributed by atoms with Gasteiger partial charge in [-0.2, -0.15) is 0 Å². The van der Waals surface area contributed by atoms with Gasteiger partial charge in [0.2, 0.25) is 5.91 Å². The third-order valence-electron chi connectivity index (χ3n) is 3.93. The molecule has 0 aliphatic carbocycles. The van der Waals surface area contributed by atoms with Crippen LogP contribution in [0.5, 0.6) is 0 Å². The van der Waals surface area contributed by atoms with Gasteiger partial charge >= 0.3 is 0 Å². The Kier molecular flexibility index (Phi) is 6.47. The molecule has 5 nitrogen and oxygen atoms in total. The molecule has 2 aromatic carbocycles. The minimum Gasteiger partial charge on any atom is -0.355 e. The van der Waals surface area contributed by atoms with Gasteiger partial charge in [-0.1, -0.05) is 47.6 Å². The number of nitrogens with zero attached hydrogens (tertiary/aromatic N) is 3. The highest BCUT2D eigenvalue weighted by molar-refractivity contribution is 7.99. The van der Waals surface area contributed by atoms with Crippen molar-refractivity contribution in [3.63, 3.8) is 0 Å². The van der Waals surface area contributed by atoms with E-state index in [2.05, 4.69) is 15.5 Å². The number of aromatic nitrogens is 3. The van der Waals surface area contributed by atoms with Crippen molar-refractivity contribution in [2.75, 3.05) is 12.3 Å². The molecule has 0 fully saturated rings. The number of rotatable bonds is 7. The molecule has 0 bridgehead atoms. The first kappa shape index (κ1) is 19.4. The van der Waals surface area contributed by atoms with Crippen LogP contribution in [0.25, 0.3) is 11.4 Å². The molecule has 0 aliphatic rings. The molecule has 3 rings (SSSR count). The molecule has 0 atom stereocenters. The number of halogens is 2. The monoisotopic (exact) mass is 404 g/mol. The predicted molar refractivity (Wildman–Crippen MR) is 105 cm³/mol. The molecule has 0 saturated heterocycles. The summed E-state index contributed by atoms with van der Waals surface area (Å²) in [6.07, 6.45) is 0.650. The minimum atomic E-state index is -0.265. The highest BCUT2D eigenvalue weighted by Gasteiger charge is 2.14. The summed E-state index contributed by atoms with van der Waals surface area (Å²) in [6.45, 7) is 0.495. The number of benzene rings is 2. The van der Waals surface area contributed by atoms with Gasteiger partial charge in [0.1, 0.15) is 5.82 Å². The Hall–Kier alpha value is -2.38. The van der Waals surface area contributed by atoms with Crippen LogP contribution >= 0.6 is 23.4 Å². The standard InChI is InChI=1S/C19H18ClFN4OS/c1-25-18(15-4-2-3-5-16(15)20)23-24-19(25)27-12-17(26)22-11-10-13-6-8-14(21)9-7-13/h2-9H,10-12H2,1H3,(H,22,26). The van der Waals surface area contributed by atoms with Gasteiger partial charge in [0.15, 0.2) is 11.0 Å². The van der Waals surface area contributed by atoms with Gasteiger partial charge in [0.05, 0.1) is 10.8 Å². The second kappa shape index (κ2) is 9.01. The van der Waals surface area contributed by atoms with E-state index in [1.165, 1.54) is 23.9 Å². The topological polar surface area (TPSA) is 59.8 Å². The number of nitrogens with one attached hydrogen (secondary N) is 1. The molecule has 0 spiro atoms. The lowest BCUT2D eigenvalue weighted by molar-refractivity contribution is -0.118. The first-order valence-electron chi connectivity index (χ1n) is 8.33. The molecule has 3 aromatic rings. The average molecular weight is 405 g/mol. The number of hydrogen-bond acceptors (Lipinski definition) is 4. The molecule has 0 aliphatic heterocycles. The maximum absolute atomic E-state index is 12.9. The van der Waals surface area contributed by atoms with E-state index >= 15 is 0 Å². The van der Waals surface area contributed by atoms with Crippen LogP contribution in [0.1, 0.15) is 5.56 Å². The van der Waals surface area contributed by atoms with Crippen molar-refractivity contribution in [3.8, 4) is 11.4 Å². The normalized spacial score (nSPS) is 10.8. The summed E-state index contributed by atoms with van der Waals surface area (Å²) in [6, 6.07) is 13.7. The van der Waals surface area contributed by atoms with Crippen LogP contribution in [-0.2, 0) is 18.3 Å². The lowest BCUT2D eigenvalue weighted by atomic mass is 10.1. The fraction of sp³-hybridized carbons (Fsp3) is 0.211. The first-order chi connectivity index (χ1) is 13.0. The summed E-state index contributed by atoms with van der Waals surface area (Å²) in [7, 11) is 1.84. The lowest BCUT2D eigenvalue weighted by Crippen LogP contribution is -2.27. The third-order valence-corrected chi connectivity index (χ3v) is 5.28. The molecule has 1 heterocycles. The highest BCUT2D eigenvalue weighted by atomic mass is 35.5. The van der Waals surface area contributed by atoms with Gasteiger partial charge in [-0.05, 0) is 36.2 Å². The minimum absolute atomic E-state index is 0.0931. The smallest absolute Gasteiger partial charge is 0.230 e. The van der Waals surface area contributed by atoms with Gasteiger partial charge in [0.25, 0.3) is 0 Å². The SMILES string of the molecule is Cn1c(SCC(=O)NCCc2ccc(F)cc2)nnc1-c1ccccc1Cl. The molecule has 27 heavy (non-hydrogen) atoms. The average Bonchev–Trinajstić information content (AvgIpc) is 3.02. The van der Waals surface area contributed by atoms with Crippen molar-refractivity contribution in [1.82, 2.24) is 20.1 Å². The number of carbonyl (C=O) groups is 1. The van der Waals surface area contributed by atoms with E-state index in [1.807, 2.05) is 29.8 Å². The summed E-state index contributed by atoms with van der Waals surface area (Å²) in [5, 5.41) is 12.4. The van der Waals surface area contributed by atoms with Crippen LogP contribution < -0.4 is 5.32 Å². The quantitative estimate of drug-likeness (QED) is 0.609. The van der Waals surface area contributed by atoms with Gasteiger partial charge in [-0.3, -0.25) is 4.79 Å². The maximum atomic E-state index is 12.9. The van der Waals surface area contributed by atoms with E-state index in [0.717, 1.165) is 11.1 Å². The van der Waals surface area contributed by atoms with E-state index < -0.39 is 0 Å². The summed E-state index contributed by atoms with van der Waals surface area (Å²) >= 11 is 7.52. The molecule has 140 valence electrons. The van der Waals surface area contributed by atoms with Crippen LogP contribution in [0.4, 0.5) is 4.39 Å². The summed E-state index contributed by atoms with van der Waals surface area (Å²) in [4.78, 5) is 12.0. The van der Waals surface area contributed by atoms with Gasteiger partial charge in [-0.15, -0.1) is 10.2 Å². The van der Waals surface area contributed by atoms with E-state index in [9.17, 15) is 9.18 Å². The van der Waals surface area contributed by atoms with Crippen molar-refractivity contribution >= 4 is 29.3 Å². The summed E-state index contributed by atoms with van der Waals surface area (Å²) < 4.78 is 14.7. The van der Waals surface area contributed by atoms with Crippen LogP contribution in [0, 0.1) is 5.82 Å². The van der Waals surface area contributed by atoms with Gasteiger partial charge < -0.3 is 9.88 Å². The molecular formula is C19H18ClFN4OS. The zero-order chi connectivity index (χ0) is 19.2. The largest absolute Gasteiger partial charge is 0.355 e. The van der Waals surface area contributed by atoms with Crippen LogP contribution in [0.3, 0.4) is 0 Å². The first-order valence-corrected chi connectivity index (χ1v) is 9.69. The van der Waals surface area contributed by atoms with Crippen molar-refractivity contribution in [2.24, 2.45) is 7.05 Å². The van der Waals surface area contributed by atoms with Gasteiger partial charge in [-0.25, -0.2) is 4.39 Å². The number of carbonyl (C=O) groups excluding carboxylic acids is 1. The molecule has 0 unspecified atom stereocenters. The van der Waals surface area contributed by atoms with E-state index in [-0.39, 0.29) is 17.5 Å². The maximum Gasteiger partial charge on any atom is 0.230 e. The molecule has 1 aromatic heterocycles. The van der Waals surface area contributed by atoms with Crippen molar-refractivity contribution < 1.29 is 9.18 Å². The molecule has 0 saturated carbocycles. The summed E-state index contributed by atoms with van der Waals surface area (Å²) in [5.74, 6) is 0.529. The van der Waals surface area contributed by atoms with E-state index in [1.54, 1.807) is 18.2 Å². The lowest BCUT2D eigenvalue weighted by Gasteiger charge is -2.06. The predicted octanol–water partition coefficient (Wildman–Crippen LogP) is 3.73. The number of hydrogen-bond donors (Lipinski definition) is 1. The Morgan fingerprint density at radius 3 is 2.67 bits per heavy atom. The number of amides is 1. The highest BCUT2D eigenvalue weighted by Crippen LogP contribution is 2.28. The van der Waals surface area contributed by atoms with Crippen molar-refractivity contribution in [2.45, 2.75) is 11.6 Å². The van der Waals surface area contributed by atoms with Crippen LogP contribution in [0.2, 0.25) is 5.02 Å². The summed E-state index contributed by atoms with van der Waals surface area (Å²) in [5.41, 5.74) is 1.77. The Morgan fingerprint density at radius 2 is 1.93 bits per heavy atom.